The van der Waals surface area contributed by atoms with Gasteiger partial charge in [-0.1, -0.05) is 44.1 Å². The number of anilines is 1. The summed E-state index contributed by atoms with van der Waals surface area (Å²) in [6.07, 6.45) is 5.99. The Kier molecular flexibility index (Phi) is 8.61. The highest BCUT2D eigenvalue weighted by atomic mass is 32.2. The van der Waals surface area contributed by atoms with Crippen LogP contribution in [0.5, 0.6) is 0 Å². The molecule has 6 nitrogen and oxygen atoms in total. The lowest BCUT2D eigenvalue weighted by Crippen LogP contribution is -2.16. The van der Waals surface area contributed by atoms with E-state index in [0.29, 0.717) is 17.7 Å². The van der Waals surface area contributed by atoms with Gasteiger partial charge in [0.2, 0.25) is 10.0 Å². The summed E-state index contributed by atoms with van der Waals surface area (Å²) in [5.74, 6) is 4.83. The van der Waals surface area contributed by atoms with Gasteiger partial charge in [0.05, 0.1) is 5.75 Å². The number of hydroxylamine groups is 1. The highest BCUT2D eigenvalue weighted by molar-refractivity contribution is 7.92. The number of benzene rings is 1. The standard InChI is InChI=1S/C17H22N2O4S/c1-2-3-4-7-13-24(22,23)19-16-11-8-10-15(14-16)9-5-6-12-17(20)18-21/h6,8,10-12,14,19,21H,2-4,7,13H2,1H3,(H,18,20)/b12-6+. The van der Waals surface area contributed by atoms with E-state index in [-0.39, 0.29) is 5.75 Å². The monoisotopic (exact) mass is 350 g/mol. The maximum absolute atomic E-state index is 12.0. The van der Waals surface area contributed by atoms with Crippen LogP contribution in [0.2, 0.25) is 0 Å². The average Bonchev–Trinajstić information content (AvgIpc) is 2.55. The molecule has 0 bridgehead atoms. The van der Waals surface area contributed by atoms with Crippen molar-refractivity contribution >= 4 is 21.6 Å². The minimum Gasteiger partial charge on any atom is -0.288 e. The van der Waals surface area contributed by atoms with Gasteiger partial charge in [0.15, 0.2) is 0 Å². The molecular formula is C17H22N2O4S. The van der Waals surface area contributed by atoms with Crippen molar-refractivity contribution in [3.63, 3.8) is 0 Å². The minimum atomic E-state index is -3.36. The number of carbonyl (C=O) groups is 1. The maximum atomic E-state index is 12.0. The van der Waals surface area contributed by atoms with Gasteiger partial charge in [-0.15, -0.1) is 0 Å². The van der Waals surface area contributed by atoms with Crippen LogP contribution in [0.3, 0.4) is 0 Å². The molecule has 1 aromatic rings. The van der Waals surface area contributed by atoms with Gasteiger partial charge in [-0.3, -0.25) is 14.7 Å². The van der Waals surface area contributed by atoms with E-state index in [0.717, 1.165) is 25.3 Å². The van der Waals surface area contributed by atoms with E-state index < -0.39 is 15.9 Å². The molecule has 0 aliphatic carbocycles. The molecule has 0 saturated heterocycles. The molecule has 3 N–H and O–H groups in total. The van der Waals surface area contributed by atoms with Crippen LogP contribution in [0.15, 0.2) is 36.4 Å². The normalized spacial score (nSPS) is 10.9. The second kappa shape index (κ2) is 10.5. The maximum Gasteiger partial charge on any atom is 0.267 e. The lowest BCUT2D eigenvalue weighted by atomic mass is 10.2. The van der Waals surface area contributed by atoms with Crippen molar-refractivity contribution in [2.24, 2.45) is 0 Å². The Labute approximate surface area is 143 Å². The second-order valence-corrected chi connectivity index (χ2v) is 6.98. The van der Waals surface area contributed by atoms with Crippen molar-refractivity contribution < 1.29 is 18.4 Å². The van der Waals surface area contributed by atoms with E-state index in [9.17, 15) is 13.2 Å². The molecule has 24 heavy (non-hydrogen) atoms. The Bertz CT molecular complexity index is 730. The molecule has 130 valence electrons. The molecule has 1 aromatic carbocycles. The molecule has 0 aliphatic heterocycles. The molecule has 0 aromatic heterocycles. The van der Waals surface area contributed by atoms with E-state index in [1.807, 2.05) is 0 Å². The Balaban J connectivity index is 2.66. The quantitative estimate of drug-likeness (QED) is 0.221. The summed E-state index contributed by atoms with van der Waals surface area (Å²) in [4.78, 5) is 10.8. The second-order valence-electron chi connectivity index (χ2n) is 5.14. The first-order chi connectivity index (χ1) is 11.5. The van der Waals surface area contributed by atoms with Crippen LogP contribution in [-0.4, -0.2) is 25.3 Å². The summed E-state index contributed by atoms with van der Waals surface area (Å²) in [5, 5.41) is 8.32. The third-order valence-electron chi connectivity index (χ3n) is 3.05. The van der Waals surface area contributed by atoms with Crippen molar-refractivity contribution in [3.05, 3.63) is 42.0 Å². The molecule has 7 heteroatoms. The fourth-order valence-corrected chi connectivity index (χ4v) is 3.06. The van der Waals surface area contributed by atoms with E-state index in [1.165, 1.54) is 11.6 Å². The van der Waals surface area contributed by atoms with Crippen LogP contribution in [0.4, 0.5) is 5.69 Å². The molecule has 0 radical (unpaired) electrons. The molecule has 1 rings (SSSR count). The number of amides is 1. The number of allylic oxidation sites excluding steroid dienone is 1. The summed E-state index contributed by atoms with van der Waals surface area (Å²) in [5.41, 5.74) is 2.51. The van der Waals surface area contributed by atoms with E-state index in [1.54, 1.807) is 24.3 Å². The summed E-state index contributed by atoms with van der Waals surface area (Å²) in [6, 6.07) is 6.70. The SMILES string of the molecule is CCCCCCS(=O)(=O)Nc1cccc(C#C/C=C/C(=O)NO)c1. The first kappa shape index (κ1) is 19.7. The highest BCUT2D eigenvalue weighted by Gasteiger charge is 2.09. The molecule has 0 atom stereocenters. The largest absolute Gasteiger partial charge is 0.288 e. The lowest BCUT2D eigenvalue weighted by Gasteiger charge is -2.08. The van der Waals surface area contributed by atoms with Gasteiger partial charge >= 0.3 is 0 Å². The average molecular weight is 350 g/mol. The number of hydrogen-bond acceptors (Lipinski definition) is 4. The Morgan fingerprint density at radius 3 is 2.79 bits per heavy atom. The van der Waals surface area contributed by atoms with Gasteiger partial charge in [-0.25, -0.2) is 13.9 Å². The van der Waals surface area contributed by atoms with Gasteiger partial charge in [0, 0.05) is 17.3 Å². The van der Waals surface area contributed by atoms with Crippen LogP contribution in [0.1, 0.15) is 38.2 Å². The first-order valence-corrected chi connectivity index (χ1v) is 9.35. The topological polar surface area (TPSA) is 95.5 Å². The first-order valence-electron chi connectivity index (χ1n) is 7.69. The van der Waals surface area contributed by atoms with Gasteiger partial charge in [-0.2, -0.15) is 0 Å². The van der Waals surface area contributed by atoms with Crippen molar-refractivity contribution in [1.29, 1.82) is 0 Å². The molecule has 1 amide bonds. The summed E-state index contributed by atoms with van der Waals surface area (Å²) >= 11 is 0. The van der Waals surface area contributed by atoms with Crippen LogP contribution in [0, 0.1) is 11.8 Å². The number of sulfonamides is 1. The Morgan fingerprint density at radius 2 is 2.08 bits per heavy atom. The number of rotatable bonds is 8. The summed E-state index contributed by atoms with van der Waals surface area (Å²) in [6.45, 7) is 2.07. The lowest BCUT2D eigenvalue weighted by molar-refractivity contribution is -0.124. The zero-order valence-corrected chi connectivity index (χ0v) is 14.4. The third-order valence-corrected chi connectivity index (χ3v) is 4.42. The van der Waals surface area contributed by atoms with Crippen molar-refractivity contribution in [1.82, 2.24) is 5.48 Å². The smallest absolute Gasteiger partial charge is 0.267 e. The zero-order chi connectivity index (χ0) is 17.8. The molecule has 0 saturated carbocycles. The van der Waals surface area contributed by atoms with Crippen molar-refractivity contribution in [3.8, 4) is 11.8 Å². The minimum absolute atomic E-state index is 0.0991. The van der Waals surface area contributed by atoms with Gasteiger partial charge < -0.3 is 0 Å². The number of nitrogens with one attached hydrogen (secondary N) is 2. The van der Waals surface area contributed by atoms with Crippen LogP contribution in [0.25, 0.3) is 0 Å². The fourth-order valence-electron chi connectivity index (χ4n) is 1.89. The van der Waals surface area contributed by atoms with E-state index >= 15 is 0 Å². The van der Waals surface area contributed by atoms with Gasteiger partial charge in [-0.05, 0) is 30.7 Å². The molecule has 0 fully saturated rings. The van der Waals surface area contributed by atoms with Crippen molar-refractivity contribution in [2.75, 3.05) is 10.5 Å². The van der Waals surface area contributed by atoms with Crippen LogP contribution in [-0.2, 0) is 14.8 Å². The van der Waals surface area contributed by atoms with Gasteiger partial charge in [0.1, 0.15) is 0 Å². The van der Waals surface area contributed by atoms with Crippen LogP contribution < -0.4 is 10.2 Å². The third kappa shape index (κ3) is 8.36. The Hall–Kier alpha value is -2.30. The Morgan fingerprint density at radius 1 is 1.29 bits per heavy atom. The van der Waals surface area contributed by atoms with E-state index in [4.69, 9.17) is 5.21 Å². The number of hydrogen-bond donors (Lipinski definition) is 3. The molecule has 0 heterocycles. The van der Waals surface area contributed by atoms with Crippen molar-refractivity contribution in [2.45, 2.75) is 32.6 Å². The number of carbonyl (C=O) groups excluding carboxylic acids is 1. The molecule has 0 spiro atoms. The highest BCUT2D eigenvalue weighted by Crippen LogP contribution is 2.13. The predicted octanol–water partition coefficient (Wildman–Crippen LogP) is 2.42. The zero-order valence-electron chi connectivity index (χ0n) is 13.6. The van der Waals surface area contributed by atoms with Crippen LogP contribution >= 0.6 is 0 Å². The number of unbranched alkanes of at least 4 members (excludes halogenated alkanes) is 3. The summed E-state index contributed by atoms with van der Waals surface area (Å²) in [7, 11) is -3.36. The molecular weight excluding hydrogens is 328 g/mol. The molecule has 0 unspecified atom stereocenters. The van der Waals surface area contributed by atoms with Gasteiger partial charge in [0.25, 0.3) is 5.91 Å². The summed E-state index contributed by atoms with van der Waals surface area (Å²) < 4.78 is 26.6. The molecule has 0 aliphatic rings. The predicted molar refractivity (Wildman–Crippen MR) is 93.9 cm³/mol. The van der Waals surface area contributed by atoms with E-state index in [2.05, 4.69) is 23.5 Å². The fraction of sp³-hybridized carbons (Fsp3) is 0.353.